The van der Waals surface area contributed by atoms with Crippen molar-refractivity contribution in [3.63, 3.8) is 0 Å². The lowest BCUT2D eigenvalue weighted by molar-refractivity contribution is -0.121. The smallest absolute Gasteiger partial charge is 0.221 e. The molecule has 0 radical (unpaired) electrons. The van der Waals surface area contributed by atoms with Crippen molar-refractivity contribution >= 4 is 5.91 Å². The largest absolute Gasteiger partial charge is 0.340 e. The zero-order valence-electron chi connectivity index (χ0n) is 7.92. The van der Waals surface area contributed by atoms with Crippen LogP contribution in [0.15, 0.2) is 0 Å². The topological polar surface area (TPSA) is 52.9 Å². The number of hydrogen-bond acceptors (Lipinski definition) is 2. The van der Waals surface area contributed by atoms with Crippen LogP contribution in [0.1, 0.15) is 33.6 Å². The summed E-state index contributed by atoms with van der Waals surface area (Å²) in [5.41, 5.74) is 0. The van der Waals surface area contributed by atoms with E-state index in [1.54, 1.807) is 0 Å². The maximum Gasteiger partial charge on any atom is 0.221 e. The Morgan fingerprint density at radius 2 is 2.17 bits per heavy atom. The normalized spacial score (nSPS) is 12.2. The number of carbonyl (C=O) groups is 1. The first-order valence-corrected chi connectivity index (χ1v) is 4.30. The molecule has 1 N–H and O–H groups in total. The second kappa shape index (κ2) is 5.59. The maximum atomic E-state index is 11.1. The van der Waals surface area contributed by atoms with Crippen molar-refractivity contribution in [2.75, 3.05) is 0 Å². The van der Waals surface area contributed by atoms with Gasteiger partial charge in [-0.05, 0) is 12.3 Å². The highest BCUT2D eigenvalue weighted by atomic mass is 16.1. The monoisotopic (exact) mass is 168 g/mol. The molecule has 0 rings (SSSR count). The summed E-state index contributed by atoms with van der Waals surface area (Å²) in [6, 6.07) is 1.72. The van der Waals surface area contributed by atoms with Crippen LogP contribution < -0.4 is 5.32 Å². The number of amides is 1. The third-order valence-corrected chi connectivity index (χ3v) is 1.60. The molecule has 3 heteroatoms. The fourth-order valence-electron chi connectivity index (χ4n) is 0.821. The van der Waals surface area contributed by atoms with Crippen LogP contribution in [-0.4, -0.2) is 11.9 Å². The van der Waals surface area contributed by atoms with Gasteiger partial charge in [-0.2, -0.15) is 5.26 Å². The van der Waals surface area contributed by atoms with Crippen LogP contribution >= 0.6 is 0 Å². The number of nitrogens with zero attached hydrogens (tertiary/aromatic N) is 1. The van der Waals surface area contributed by atoms with E-state index in [0.717, 1.165) is 6.42 Å². The molecule has 0 fully saturated rings. The number of hydrogen-bond donors (Lipinski definition) is 1. The van der Waals surface area contributed by atoms with Crippen molar-refractivity contribution in [1.82, 2.24) is 5.32 Å². The van der Waals surface area contributed by atoms with Crippen LogP contribution in [0.2, 0.25) is 0 Å². The summed E-state index contributed by atoms with van der Waals surface area (Å²) in [5.74, 6) is 0.147. The molecule has 12 heavy (non-hydrogen) atoms. The summed E-state index contributed by atoms with van der Waals surface area (Å²) < 4.78 is 0. The Labute approximate surface area is 73.8 Å². The van der Waals surface area contributed by atoms with E-state index in [1.807, 2.05) is 20.8 Å². The van der Waals surface area contributed by atoms with E-state index in [2.05, 4.69) is 11.4 Å². The van der Waals surface area contributed by atoms with E-state index < -0.39 is 0 Å². The van der Waals surface area contributed by atoms with Gasteiger partial charge in [-0.25, -0.2) is 0 Å². The quantitative estimate of drug-likeness (QED) is 0.690. The molecule has 1 amide bonds. The van der Waals surface area contributed by atoms with E-state index >= 15 is 0 Å². The van der Waals surface area contributed by atoms with E-state index in [0.29, 0.717) is 6.42 Å². The van der Waals surface area contributed by atoms with Gasteiger partial charge < -0.3 is 5.32 Å². The van der Waals surface area contributed by atoms with Gasteiger partial charge in [0.15, 0.2) is 0 Å². The Morgan fingerprint density at radius 3 is 2.50 bits per heavy atom. The van der Waals surface area contributed by atoms with E-state index in [4.69, 9.17) is 5.26 Å². The Hall–Kier alpha value is -1.04. The summed E-state index contributed by atoms with van der Waals surface area (Å²) in [6.07, 6.45) is 1.33. The lowest BCUT2D eigenvalue weighted by Crippen LogP contribution is -2.37. The first-order valence-electron chi connectivity index (χ1n) is 4.30. The first-order chi connectivity index (χ1) is 5.61. The Kier molecular flexibility index (Phi) is 5.11. The molecule has 1 atom stereocenters. The highest BCUT2D eigenvalue weighted by Gasteiger charge is 2.13. The number of nitrogens with one attached hydrogen (secondary N) is 1. The summed E-state index contributed by atoms with van der Waals surface area (Å²) in [7, 11) is 0. The summed E-state index contributed by atoms with van der Waals surface area (Å²) in [5, 5.41) is 11.3. The number of rotatable bonds is 4. The fraction of sp³-hybridized carbons (Fsp3) is 0.778. The molecule has 0 aliphatic carbocycles. The third-order valence-electron chi connectivity index (χ3n) is 1.60. The molecular weight excluding hydrogens is 152 g/mol. The van der Waals surface area contributed by atoms with Gasteiger partial charge in [0.25, 0.3) is 0 Å². The van der Waals surface area contributed by atoms with Gasteiger partial charge >= 0.3 is 0 Å². The van der Waals surface area contributed by atoms with Crippen molar-refractivity contribution in [3.8, 4) is 6.07 Å². The average molecular weight is 168 g/mol. The van der Waals surface area contributed by atoms with E-state index in [9.17, 15) is 4.79 Å². The van der Waals surface area contributed by atoms with E-state index in [-0.39, 0.29) is 17.9 Å². The second-order valence-corrected chi connectivity index (χ2v) is 3.17. The van der Waals surface area contributed by atoms with Crippen molar-refractivity contribution in [3.05, 3.63) is 0 Å². The predicted molar refractivity (Wildman–Crippen MR) is 47.3 cm³/mol. The Bertz CT molecular complexity index is 181. The molecule has 0 saturated carbocycles. The molecule has 1 unspecified atom stereocenters. The van der Waals surface area contributed by atoms with Crippen molar-refractivity contribution in [1.29, 1.82) is 5.26 Å². The molecular formula is C9H16N2O. The lowest BCUT2D eigenvalue weighted by Gasteiger charge is -2.14. The van der Waals surface area contributed by atoms with Gasteiger partial charge in [0.1, 0.15) is 6.04 Å². The molecule has 0 bridgehead atoms. The number of carbonyl (C=O) groups excluding carboxylic acids is 1. The SMILES string of the molecule is CCCC(=O)NC(C#N)C(C)C. The van der Waals surface area contributed by atoms with Crippen LogP contribution in [0, 0.1) is 17.2 Å². The molecule has 0 saturated heterocycles. The van der Waals surface area contributed by atoms with Crippen molar-refractivity contribution in [2.45, 2.75) is 39.7 Å². The molecule has 0 heterocycles. The van der Waals surface area contributed by atoms with Crippen LogP contribution in [0.5, 0.6) is 0 Å². The maximum absolute atomic E-state index is 11.1. The Balaban J connectivity index is 3.88. The predicted octanol–water partition coefficient (Wildman–Crippen LogP) is 1.45. The summed E-state index contributed by atoms with van der Waals surface area (Å²) >= 11 is 0. The molecule has 68 valence electrons. The molecule has 0 aromatic heterocycles. The molecule has 0 aliphatic rings. The highest BCUT2D eigenvalue weighted by molar-refractivity contribution is 5.76. The summed E-state index contributed by atoms with van der Waals surface area (Å²) in [4.78, 5) is 11.1. The van der Waals surface area contributed by atoms with Gasteiger partial charge in [-0.3, -0.25) is 4.79 Å². The highest BCUT2D eigenvalue weighted by Crippen LogP contribution is 2.00. The van der Waals surface area contributed by atoms with Crippen LogP contribution in [0.4, 0.5) is 0 Å². The molecule has 0 spiro atoms. The van der Waals surface area contributed by atoms with Crippen LogP contribution in [0.25, 0.3) is 0 Å². The van der Waals surface area contributed by atoms with Gasteiger partial charge in [-0.15, -0.1) is 0 Å². The van der Waals surface area contributed by atoms with Gasteiger partial charge in [0.05, 0.1) is 6.07 Å². The standard InChI is InChI=1S/C9H16N2O/c1-4-5-9(12)11-8(6-10)7(2)3/h7-8H,4-5H2,1-3H3,(H,11,12). The zero-order chi connectivity index (χ0) is 9.56. The average Bonchev–Trinajstić information content (AvgIpc) is 2.00. The third kappa shape index (κ3) is 3.97. The van der Waals surface area contributed by atoms with Crippen molar-refractivity contribution < 1.29 is 4.79 Å². The van der Waals surface area contributed by atoms with Crippen LogP contribution in [0.3, 0.4) is 0 Å². The Morgan fingerprint density at radius 1 is 1.58 bits per heavy atom. The second-order valence-electron chi connectivity index (χ2n) is 3.17. The molecule has 0 aromatic carbocycles. The lowest BCUT2D eigenvalue weighted by atomic mass is 10.1. The number of nitriles is 1. The minimum absolute atomic E-state index is 0.0299. The van der Waals surface area contributed by atoms with Crippen molar-refractivity contribution in [2.24, 2.45) is 5.92 Å². The van der Waals surface area contributed by atoms with Crippen LogP contribution in [-0.2, 0) is 4.79 Å². The van der Waals surface area contributed by atoms with E-state index in [1.165, 1.54) is 0 Å². The minimum Gasteiger partial charge on any atom is -0.340 e. The van der Waals surface area contributed by atoms with Gasteiger partial charge in [-0.1, -0.05) is 20.8 Å². The zero-order valence-corrected chi connectivity index (χ0v) is 7.92. The minimum atomic E-state index is -0.343. The summed E-state index contributed by atoms with van der Waals surface area (Å²) in [6.45, 7) is 5.77. The molecule has 0 aromatic rings. The van der Waals surface area contributed by atoms with Gasteiger partial charge in [0, 0.05) is 6.42 Å². The fourth-order valence-corrected chi connectivity index (χ4v) is 0.821. The molecule has 3 nitrogen and oxygen atoms in total. The molecule has 0 aliphatic heterocycles. The first kappa shape index (κ1) is 11.0. The van der Waals surface area contributed by atoms with Gasteiger partial charge in [0.2, 0.25) is 5.91 Å².